The van der Waals surface area contributed by atoms with Crippen LogP contribution in [0.4, 0.5) is 5.69 Å². The van der Waals surface area contributed by atoms with Gasteiger partial charge in [0.25, 0.3) is 10.0 Å². The molecule has 3 aromatic carbocycles. The van der Waals surface area contributed by atoms with Crippen LogP contribution in [0.1, 0.15) is 43.4 Å². The second kappa shape index (κ2) is 15.5. The molecule has 1 N–H and O–H groups in total. The molecule has 0 aliphatic carbocycles. The minimum absolute atomic E-state index is 0.101. The lowest BCUT2D eigenvalue weighted by atomic mass is 10.1. The van der Waals surface area contributed by atoms with Gasteiger partial charge in [0.05, 0.1) is 24.8 Å². The van der Waals surface area contributed by atoms with Crippen LogP contribution in [0.3, 0.4) is 0 Å². The fourth-order valence-corrected chi connectivity index (χ4v) is 6.80. The molecule has 1 atom stereocenters. The van der Waals surface area contributed by atoms with E-state index < -0.39 is 28.5 Å². The Kier molecular flexibility index (Phi) is 12.3. The number of amides is 2. The Morgan fingerprint density at radius 2 is 1.52 bits per heavy atom. The normalized spacial score (nSPS) is 11.9. The summed E-state index contributed by atoms with van der Waals surface area (Å²) in [6.07, 6.45) is 0.978. The largest absolute Gasteiger partial charge is 0.493 e. The number of nitrogens with one attached hydrogen (secondary N) is 1. The molecular weight excluding hydrogens is 625 g/mol. The molecule has 0 saturated heterocycles. The Hall–Kier alpha value is -3.47. The molecule has 238 valence electrons. The van der Waals surface area contributed by atoms with Crippen LogP contribution in [-0.2, 0) is 26.2 Å². The third-order valence-electron chi connectivity index (χ3n) is 7.04. The highest BCUT2D eigenvalue weighted by atomic mass is 35.5. The summed E-state index contributed by atoms with van der Waals surface area (Å²) < 4.78 is 40.3. The number of hydrogen-bond acceptors (Lipinski definition) is 6. The molecule has 2 amide bonds. The lowest BCUT2D eigenvalue weighted by Crippen LogP contribution is -2.52. The maximum absolute atomic E-state index is 14.3. The molecule has 3 aromatic rings. The highest BCUT2D eigenvalue weighted by Crippen LogP contribution is 2.33. The van der Waals surface area contributed by atoms with Crippen molar-refractivity contribution < 1.29 is 27.5 Å². The fourth-order valence-electron chi connectivity index (χ4n) is 4.87. The average molecular weight is 665 g/mol. The van der Waals surface area contributed by atoms with E-state index in [2.05, 4.69) is 5.32 Å². The number of halogens is 2. The van der Waals surface area contributed by atoms with Gasteiger partial charge in [-0.1, -0.05) is 49.2 Å². The van der Waals surface area contributed by atoms with Crippen molar-refractivity contribution in [3.63, 3.8) is 0 Å². The van der Waals surface area contributed by atoms with Crippen LogP contribution >= 0.6 is 23.2 Å². The van der Waals surface area contributed by atoms with Crippen molar-refractivity contribution in [3.05, 3.63) is 81.3 Å². The van der Waals surface area contributed by atoms with E-state index in [0.29, 0.717) is 40.0 Å². The van der Waals surface area contributed by atoms with E-state index in [4.69, 9.17) is 32.7 Å². The zero-order valence-corrected chi connectivity index (χ0v) is 28.1. The SMILES string of the molecule is CCCNC(=O)[C@H](CC)N(Cc1c(Cl)cccc1Cl)C(=O)CN(c1cc(C)cc(C)c1)S(=O)(=O)c1ccc(OC)c(OC)c1. The Bertz CT molecular complexity index is 1560. The Labute approximate surface area is 270 Å². The standard InChI is InChI=1S/C32H39Cl2N3O6S/c1-7-14-35-32(39)28(8-2)36(19-25-26(33)10-9-11-27(25)34)31(38)20-37(23-16-21(3)15-22(4)17-23)44(40,41)24-12-13-29(42-5)30(18-24)43-6/h9-13,15-18,28H,7-8,14,19-20H2,1-6H3,(H,35,39)/t28-/m0/s1. The van der Waals surface area contributed by atoms with Gasteiger partial charge in [-0.2, -0.15) is 0 Å². The number of rotatable bonds is 14. The number of anilines is 1. The summed E-state index contributed by atoms with van der Waals surface area (Å²) in [5, 5.41) is 3.50. The molecule has 0 spiro atoms. The third kappa shape index (κ3) is 8.16. The highest BCUT2D eigenvalue weighted by molar-refractivity contribution is 7.92. The molecule has 0 heterocycles. The lowest BCUT2D eigenvalue weighted by molar-refractivity contribution is -0.140. The molecule has 9 nitrogen and oxygen atoms in total. The van der Waals surface area contributed by atoms with Crippen molar-refractivity contribution >= 4 is 50.7 Å². The monoisotopic (exact) mass is 663 g/mol. The van der Waals surface area contributed by atoms with E-state index in [1.165, 1.54) is 37.3 Å². The van der Waals surface area contributed by atoms with E-state index in [9.17, 15) is 18.0 Å². The van der Waals surface area contributed by atoms with Crippen molar-refractivity contribution in [1.82, 2.24) is 10.2 Å². The predicted molar refractivity (Wildman–Crippen MR) is 174 cm³/mol. The van der Waals surface area contributed by atoms with E-state index in [-0.39, 0.29) is 29.5 Å². The first-order valence-electron chi connectivity index (χ1n) is 14.2. The van der Waals surface area contributed by atoms with Gasteiger partial charge in [0.1, 0.15) is 12.6 Å². The molecular formula is C32H39Cl2N3O6S. The van der Waals surface area contributed by atoms with Gasteiger partial charge in [0.15, 0.2) is 11.5 Å². The quantitative estimate of drug-likeness (QED) is 0.222. The zero-order chi connectivity index (χ0) is 32.6. The van der Waals surface area contributed by atoms with E-state index in [1.54, 1.807) is 37.3 Å². The van der Waals surface area contributed by atoms with Gasteiger partial charge in [-0.3, -0.25) is 13.9 Å². The van der Waals surface area contributed by atoms with Gasteiger partial charge in [-0.05, 0) is 74.2 Å². The van der Waals surface area contributed by atoms with Crippen LogP contribution in [0.5, 0.6) is 11.5 Å². The van der Waals surface area contributed by atoms with Crippen LogP contribution in [0.2, 0.25) is 10.0 Å². The molecule has 0 unspecified atom stereocenters. The topological polar surface area (TPSA) is 105 Å². The van der Waals surface area contributed by atoms with Crippen molar-refractivity contribution in [3.8, 4) is 11.5 Å². The van der Waals surface area contributed by atoms with Crippen LogP contribution in [0, 0.1) is 13.8 Å². The molecule has 0 fully saturated rings. The molecule has 44 heavy (non-hydrogen) atoms. The maximum Gasteiger partial charge on any atom is 0.264 e. The van der Waals surface area contributed by atoms with Crippen LogP contribution in [0.15, 0.2) is 59.5 Å². The van der Waals surface area contributed by atoms with Crippen LogP contribution in [0.25, 0.3) is 0 Å². The first kappa shape index (κ1) is 35.0. The third-order valence-corrected chi connectivity index (χ3v) is 9.52. The zero-order valence-electron chi connectivity index (χ0n) is 25.8. The molecule has 0 radical (unpaired) electrons. The fraction of sp³-hybridized carbons (Fsp3) is 0.375. The number of ether oxygens (including phenoxy) is 2. The van der Waals surface area contributed by atoms with Gasteiger partial charge in [0, 0.05) is 34.8 Å². The van der Waals surface area contributed by atoms with Gasteiger partial charge in [-0.15, -0.1) is 0 Å². The first-order chi connectivity index (χ1) is 20.9. The number of nitrogens with zero attached hydrogens (tertiary/aromatic N) is 2. The summed E-state index contributed by atoms with van der Waals surface area (Å²) in [6.45, 7) is 7.12. The van der Waals surface area contributed by atoms with Gasteiger partial charge < -0.3 is 19.7 Å². The molecule has 0 saturated carbocycles. The van der Waals surface area contributed by atoms with Crippen LogP contribution < -0.4 is 19.1 Å². The number of aryl methyl sites for hydroxylation is 2. The minimum atomic E-state index is -4.33. The summed E-state index contributed by atoms with van der Waals surface area (Å²) in [7, 11) is -1.47. The molecule has 0 bridgehead atoms. The molecule has 3 rings (SSSR count). The summed E-state index contributed by atoms with van der Waals surface area (Å²) in [5.74, 6) is -0.393. The molecule has 0 aromatic heterocycles. The van der Waals surface area contributed by atoms with Crippen LogP contribution in [-0.4, -0.2) is 58.5 Å². The number of hydrogen-bond donors (Lipinski definition) is 1. The smallest absolute Gasteiger partial charge is 0.264 e. The summed E-state index contributed by atoms with van der Waals surface area (Å²) in [4.78, 5) is 28.9. The van der Waals surface area contributed by atoms with E-state index >= 15 is 0 Å². The Morgan fingerprint density at radius 1 is 0.909 bits per heavy atom. The van der Waals surface area contributed by atoms with Gasteiger partial charge in [0.2, 0.25) is 11.8 Å². The van der Waals surface area contributed by atoms with E-state index in [0.717, 1.165) is 15.4 Å². The lowest BCUT2D eigenvalue weighted by Gasteiger charge is -2.33. The molecule has 12 heteroatoms. The minimum Gasteiger partial charge on any atom is -0.493 e. The number of carbonyl (C=O) groups is 2. The summed E-state index contributed by atoms with van der Waals surface area (Å²) in [6, 6.07) is 13.6. The second-order valence-corrected chi connectivity index (χ2v) is 13.0. The second-order valence-electron chi connectivity index (χ2n) is 10.3. The number of carbonyl (C=O) groups excluding carboxylic acids is 2. The first-order valence-corrected chi connectivity index (χ1v) is 16.4. The number of methoxy groups -OCH3 is 2. The van der Waals surface area contributed by atoms with Crippen molar-refractivity contribution in [1.29, 1.82) is 0 Å². The predicted octanol–water partition coefficient (Wildman–Crippen LogP) is 6.16. The van der Waals surface area contributed by atoms with Crippen molar-refractivity contribution in [2.45, 2.75) is 58.0 Å². The summed E-state index contributed by atoms with van der Waals surface area (Å²) in [5.41, 5.74) is 2.37. The highest BCUT2D eigenvalue weighted by Gasteiger charge is 2.34. The van der Waals surface area contributed by atoms with Crippen molar-refractivity contribution in [2.75, 3.05) is 31.6 Å². The molecule has 0 aliphatic rings. The summed E-state index contributed by atoms with van der Waals surface area (Å²) >= 11 is 13.0. The number of benzene rings is 3. The average Bonchev–Trinajstić information content (AvgIpc) is 2.98. The number of sulfonamides is 1. The van der Waals surface area contributed by atoms with E-state index in [1.807, 2.05) is 26.8 Å². The Balaban J connectivity index is 2.17. The maximum atomic E-state index is 14.3. The molecule has 0 aliphatic heterocycles. The van der Waals surface area contributed by atoms with Gasteiger partial charge >= 0.3 is 0 Å². The Morgan fingerprint density at radius 3 is 2.07 bits per heavy atom. The van der Waals surface area contributed by atoms with Gasteiger partial charge in [-0.25, -0.2) is 8.42 Å². The van der Waals surface area contributed by atoms with Crippen molar-refractivity contribution in [2.24, 2.45) is 0 Å².